The van der Waals surface area contributed by atoms with E-state index in [-0.39, 0.29) is 5.91 Å². The average molecular weight is 379 g/mol. The summed E-state index contributed by atoms with van der Waals surface area (Å²) in [6.45, 7) is 0.521. The number of benzene rings is 2. The first-order valence-electron chi connectivity index (χ1n) is 7.82. The van der Waals surface area contributed by atoms with Crippen LogP contribution in [0.2, 0.25) is 0 Å². The molecule has 0 radical (unpaired) electrons. The Bertz CT molecular complexity index is 808. The first kappa shape index (κ1) is 19.3. The van der Waals surface area contributed by atoms with E-state index in [1.54, 1.807) is 36.0 Å². The van der Waals surface area contributed by atoms with Crippen molar-refractivity contribution in [1.29, 1.82) is 0 Å². The largest absolute Gasteiger partial charge is 0.351 e. The van der Waals surface area contributed by atoms with Crippen LogP contribution < -0.4 is 9.62 Å². The Hall–Kier alpha value is -1.99. The Morgan fingerprint density at radius 2 is 1.72 bits per heavy atom. The van der Waals surface area contributed by atoms with Gasteiger partial charge in [-0.15, -0.1) is 0 Å². The van der Waals surface area contributed by atoms with Crippen molar-refractivity contribution in [3.8, 4) is 0 Å². The van der Waals surface area contributed by atoms with Gasteiger partial charge in [0.05, 0.1) is 17.5 Å². The van der Waals surface area contributed by atoms with Crippen molar-refractivity contribution in [2.75, 3.05) is 29.9 Å². The first-order valence-corrected chi connectivity index (χ1v) is 10.8. The number of carbonyl (C=O) groups is 1. The lowest BCUT2D eigenvalue weighted by atomic mass is 10.1. The van der Waals surface area contributed by atoms with Gasteiger partial charge in [-0.05, 0) is 17.7 Å². The highest BCUT2D eigenvalue weighted by Crippen LogP contribution is 2.21. The van der Waals surface area contributed by atoms with Gasteiger partial charge in [-0.3, -0.25) is 9.10 Å². The van der Waals surface area contributed by atoms with E-state index < -0.39 is 10.0 Å². The number of anilines is 1. The molecule has 2 rings (SSSR count). The molecular formula is C18H22N2O3S2. The number of sulfonamides is 1. The van der Waals surface area contributed by atoms with Gasteiger partial charge < -0.3 is 5.32 Å². The zero-order chi connectivity index (χ0) is 18.3. The van der Waals surface area contributed by atoms with Crippen molar-refractivity contribution in [3.05, 3.63) is 65.7 Å². The lowest BCUT2D eigenvalue weighted by Crippen LogP contribution is -2.30. The van der Waals surface area contributed by atoms with E-state index in [1.165, 1.54) is 12.6 Å². The van der Waals surface area contributed by atoms with E-state index in [4.69, 9.17) is 0 Å². The zero-order valence-corrected chi connectivity index (χ0v) is 15.9. The Balaban J connectivity index is 1.89. The molecule has 0 heterocycles. The number of thioether (sulfide) groups is 1. The molecule has 0 unspecified atom stereocenters. The molecule has 134 valence electrons. The van der Waals surface area contributed by atoms with Gasteiger partial charge >= 0.3 is 0 Å². The number of nitrogens with zero attached hydrogens (tertiary/aromatic N) is 1. The SMILES string of the molecule is CN(c1ccccc1C(=O)NCCSCc1ccccc1)S(C)(=O)=O. The highest BCUT2D eigenvalue weighted by Gasteiger charge is 2.18. The maximum absolute atomic E-state index is 12.4. The van der Waals surface area contributed by atoms with E-state index in [9.17, 15) is 13.2 Å². The monoisotopic (exact) mass is 378 g/mol. The Morgan fingerprint density at radius 1 is 1.08 bits per heavy atom. The minimum atomic E-state index is -3.42. The third-order valence-electron chi connectivity index (χ3n) is 3.63. The van der Waals surface area contributed by atoms with Crippen LogP contribution in [0.5, 0.6) is 0 Å². The first-order chi connectivity index (χ1) is 11.9. The fourth-order valence-corrected chi connectivity index (χ4v) is 3.55. The second-order valence-electron chi connectivity index (χ2n) is 5.54. The van der Waals surface area contributed by atoms with Crippen molar-refractivity contribution in [2.45, 2.75) is 5.75 Å². The summed E-state index contributed by atoms with van der Waals surface area (Å²) in [4.78, 5) is 12.4. The summed E-state index contributed by atoms with van der Waals surface area (Å²) in [7, 11) is -1.98. The highest BCUT2D eigenvalue weighted by atomic mass is 32.2. The zero-order valence-electron chi connectivity index (χ0n) is 14.3. The van der Waals surface area contributed by atoms with Crippen LogP contribution in [0.1, 0.15) is 15.9 Å². The smallest absolute Gasteiger partial charge is 0.253 e. The third kappa shape index (κ3) is 5.79. The van der Waals surface area contributed by atoms with E-state index >= 15 is 0 Å². The summed E-state index contributed by atoms with van der Waals surface area (Å²) in [6, 6.07) is 16.8. The molecule has 1 amide bonds. The molecule has 0 atom stereocenters. The van der Waals surface area contributed by atoms with Gasteiger partial charge in [0.1, 0.15) is 0 Å². The van der Waals surface area contributed by atoms with Gasteiger partial charge in [-0.1, -0.05) is 42.5 Å². The van der Waals surface area contributed by atoms with Crippen LogP contribution in [0.4, 0.5) is 5.69 Å². The fraction of sp³-hybridized carbons (Fsp3) is 0.278. The molecule has 25 heavy (non-hydrogen) atoms. The average Bonchev–Trinajstić information content (AvgIpc) is 2.60. The molecule has 1 N–H and O–H groups in total. The molecule has 0 aromatic heterocycles. The van der Waals surface area contributed by atoms with Crippen molar-refractivity contribution in [3.63, 3.8) is 0 Å². The van der Waals surface area contributed by atoms with E-state index in [2.05, 4.69) is 17.4 Å². The second-order valence-corrected chi connectivity index (χ2v) is 8.66. The predicted molar refractivity (Wildman–Crippen MR) is 105 cm³/mol. The third-order valence-corrected chi connectivity index (χ3v) is 5.85. The van der Waals surface area contributed by atoms with Crippen LogP contribution in [-0.4, -0.2) is 39.9 Å². The Labute approximate surface area is 153 Å². The maximum atomic E-state index is 12.4. The molecule has 0 fully saturated rings. The fourth-order valence-electron chi connectivity index (χ4n) is 2.22. The lowest BCUT2D eigenvalue weighted by Gasteiger charge is -2.19. The number of amides is 1. The maximum Gasteiger partial charge on any atom is 0.253 e. The van der Waals surface area contributed by atoms with Gasteiger partial charge in [0.25, 0.3) is 5.91 Å². The number of rotatable bonds is 8. The normalized spacial score (nSPS) is 11.1. The van der Waals surface area contributed by atoms with E-state index in [1.807, 2.05) is 18.2 Å². The minimum Gasteiger partial charge on any atom is -0.351 e. The predicted octanol–water partition coefficient (Wildman–Crippen LogP) is 2.75. The number of nitrogens with one attached hydrogen (secondary N) is 1. The topological polar surface area (TPSA) is 66.5 Å². The summed E-state index contributed by atoms with van der Waals surface area (Å²) in [5, 5.41) is 2.85. The van der Waals surface area contributed by atoms with Crippen molar-refractivity contribution in [2.24, 2.45) is 0 Å². The molecule has 0 saturated heterocycles. The minimum absolute atomic E-state index is 0.272. The van der Waals surface area contributed by atoms with Crippen molar-refractivity contribution < 1.29 is 13.2 Å². The summed E-state index contributed by atoms with van der Waals surface area (Å²) in [5.74, 6) is 1.40. The molecule has 0 spiro atoms. The lowest BCUT2D eigenvalue weighted by molar-refractivity contribution is 0.0957. The van der Waals surface area contributed by atoms with Crippen LogP contribution in [-0.2, 0) is 15.8 Å². The molecule has 0 aliphatic rings. The summed E-state index contributed by atoms with van der Waals surface area (Å²) in [6.07, 6.45) is 1.11. The van der Waals surface area contributed by atoms with Gasteiger partial charge in [0.15, 0.2) is 0 Å². The van der Waals surface area contributed by atoms with E-state index in [0.717, 1.165) is 22.1 Å². The second kappa shape index (κ2) is 8.92. The number of para-hydroxylation sites is 1. The van der Waals surface area contributed by atoms with Crippen LogP contribution in [0.3, 0.4) is 0 Å². The molecule has 2 aromatic rings. The number of hydrogen-bond donors (Lipinski definition) is 1. The van der Waals surface area contributed by atoms with Gasteiger partial charge in [0.2, 0.25) is 10.0 Å². The van der Waals surface area contributed by atoms with Gasteiger partial charge in [0, 0.05) is 25.1 Å². The molecule has 0 aliphatic carbocycles. The van der Waals surface area contributed by atoms with E-state index in [0.29, 0.717) is 17.8 Å². The van der Waals surface area contributed by atoms with Gasteiger partial charge in [-0.2, -0.15) is 11.8 Å². The van der Waals surface area contributed by atoms with Gasteiger partial charge in [-0.25, -0.2) is 8.42 Å². The van der Waals surface area contributed by atoms with Crippen LogP contribution in [0.25, 0.3) is 0 Å². The van der Waals surface area contributed by atoms with Crippen molar-refractivity contribution in [1.82, 2.24) is 5.32 Å². The summed E-state index contributed by atoms with van der Waals surface area (Å²) in [5.41, 5.74) is 1.97. The molecule has 5 nitrogen and oxygen atoms in total. The highest BCUT2D eigenvalue weighted by molar-refractivity contribution is 7.98. The number of carbonyl (C=O) groups excluding carboxylic acids is 1. The standard InChI is InChI=1S/C18H22N2O3S2/c1-20(25(2,22)23)17-11-7-6-10-16(17)18(21)19-12-13-24-14-15-8-4-3-5-9-15/h3-11H,12-14H2,1-2H3,(H,19,21). The Morgan fingerprint density at radius 3 is 2.40 bits per heavy atom. The van der Waals surface area contributed by atoms with Crippen LogP contribution in [0, 0.1) is 0 Å². The van der Waals surface area contributed by atoms with Crippen LogP contribution in [0.15, 0.2) is 54.6 Å². The molecular weight excluding hydrogens is 356 g/mol. The molecule has 0 saturated carbocycles. The molecule has 2 aromatic carbocycles. The number of hydrogen-bond acceptors (Lipinski definition) is 4. The van der Waals surface area contributed by atoms with Crippen LogP contribution >= 0.6 is 11.8 Å². The molecule has 0 aliphatic heterocycles. The Kier molecular flexibility index (Phi) is 6.90. The summed E-state index contributed by atoms with van der Waals surface area (Å²) < 4.78 is 24.6. The van der Waals surface area contributed by atoms with Crippen molar-refractivity contribution >= 4 is 33.4 Å². The summed E-state index contributed by atoms with van der Waals surface area (Å²) >= 11 is 1.74. The quantitative estimate of drug-likeness (QED) is 0.717. The molecule has 0 bridgehead atoms. The molecule has 7 heteroatoms.